The number of anilines is 1. The Balaban J connectivity index is 1.48. The Morgan fingerprint density at radius 3 is 2.93 bits per heavy atom. The zero-order valence-electron chi connectivity index (χ0n) is 14.9. The fourth-order valence-corrected chi connectivity index (χ4v) is 3.82. The minimum absolute atomic E-state index is 0.103. The minimum atomic E-state index is -0.103. The second kappa shape index (κ2) is 6.50. The lowest BCUT2D eigenvalue weighted by atomic mass is 10.0. The van der Waals surface area contributed by atoms with Gasteiger partial charge in [-0.25, -0.2) is 4.98 Å². The minimum Gasteiger partial charge on any atom is -0.493 e. The highest BCUT2D eigenvalue weighted by molar-refractivity contribution is 6.05. The molecule has 5 nitrogen and oxygen atoms in total. The van der Waals surface area contributed by atoms with Gasteiger partial charge in [-0.05, 0) is 36.1 Å². The van der Waals surface area contributed by atoms with E-state index in [-0.39, 0.29) is 5.91 Å². The monoisotopic (exact) mass is 357 g/mol. The van der Waals surface area contributed by atoms with Crippen molar-refractivity contribution in [3.05, 3.63) is 71.7 Å². The molecule has 2 aliphatic rings. The number of rotatable bonds is 2. The van der Waals surface area contributed by atoms with Gasteiger partial charge >= 0.3 is 0 Å². The van der Waals surface area contributed by atoms with E-state index in [9.17, 15) is 4.79 Å². The third-order valence-electron chi connectivity index (χ3n) is 5.20. The Labute approximate surface area is 157 Å². The summed E-state index contributed by atoms with van der Waals surface area (Å²) in [6.45, 7) is 1.42. The molecule has 0 saturated carbocycles. The normalized spacial score (nSPS) is 15.0. The zero-order valence-corrected chi connectivity index (χ0v) is 14.9. The van der Waals surface area contributed by atoms with Crippen LogP contribution in [0.25, 0.3) is 11.3 Å². The van der Waals surface area contributed by atoms with Crippen LogP contribution in [0.3, 0.4) is 0 Å². The standard InChI is InChI=1S/C22H19N3O2/c26-22(25-10-3-5-15-4-1-2-6-20(15)25)19-14-23-13-18(24-19)17-8-7-16-9-11-27-21(16)12-17/h1-2,4,6-8,12-14H,3,5,9-11H2. The van der Waals surface area contributed by atoms with Gasteiger partial charge in [-0.1, -0.05) is 30.3 Å². The van der Waals surface area contributed by atoms with Gasteiger partial charge in [0.25, 0.3) is 5.91 Å². The topological polar surface area (TPSA) is 55.3 Å². The fraction of sp³-hybridized carbons (Fsp3) is 0.227. The van der Waals surface area contributed by atoms with E-state index in [0.29, 0.717) is 17.9 Å². The predicted octanol–water partition coefficient (Wildman–Crippen LogP) is 3.67. The maximum atomic E-state index is 13.1. The van der Waals surface area contributed by atoms with Crippen LogP contribution < -0.4 is 9.64 Å². The van der Waals surface area contributed by atoms with Gasteiger partial charge in [0.2, 0.25) is 0 Å². The highest BCUT2D eigenvalue weighted by Crippen LogP contribution is 2.31. The summed E-state index contributed by atoms with van der Waals surface area (Å²) in [6, 6.07) is 14.1. The van der Waals surface area contributed by atoms with Gasteiger partial charge in [-0.2, -0.15) is 0 Å². The van der Waals surface area contributed by atoms with E-state index in [0.717, 1.165) is 42.9 Å². The molecule has 2 aliphatic heterocycles. The average Bonchev–Trinajstić information content (AvgIpc) is 3.21. The Kier molecular flexibility index (Phi) is 3.85. The van der Waals surface area contributed by atoms with Crippen molar-refractivity contribution in [1.82, 2.24) is 9.97 Å². The number of amides is 1. The van der Waals surface area contributed by atoms with E-state index < -0.39 is 0 Å². The second-order valence-corrected chi connectivity index (χ2v) is 6.90. The van der Waals surface area contributed by atoms with E-state index in [1.165, 1.54) is 11.1 Å². The Bertz CT molecular complexity index is 1030. The van der Waals surface area contributed by atoms with Crippen molar-refractivity contribution in [1.29, 1.82) is 0 Å². The maximum absolute atomic E-state index is 13.1. The molecule has 5 rings (SSSR count). The lowest BCUT2D eigenvalue weighted by Crippen LogP contribution is -2.36. The lowest BCUT2D eigenvalue weighted by Gasteiger charge is -2.29. The largest absolute Gasteiger partial charge is 0.493 e. The number of aromatic nitrogens is 2. The predicted molar refractivity (Wildman–Crippen MR) is 103 cm³/mol. The van der Waals surface area contributed by atoms with Gasteiger partial charge in [0.1, 0.15) is 11.4 Å². The highest BCUT2D eigenvalue weighted by Gasteiger charge is 2.24. The van der Waals surface area contributed by atoms with Crippen molar-refractivity contribution in [2.75, 3.05) is 18.1 Å². The first-order chi connectivity index (χ1) is 13.3. The molecule has 0 fully saturated rings. The Morgan fingerprint density at radius 1 is 1.04 bits per heavy atom. The van der Waals surface area contributed by atoms with Crippen LogP contribution in [0.15, 0.2) is 54.9 Å². The molecule has 0 aliphatic carbocycles. The lowest BCUT2D eigenvalue weighted by molar-refractivity contribution is 0.0980. The van der Waals surface area contributed by atoms with Gasteiger partial charge in [-0.15, -0.1) is 0 Å². The molecule has 0 N–H and O–H groups in total. The van der Waals surface area contributed by atoms with Crippen LogP contribution in [0.5, 0.6) is 5.75 Å². The first-order valence-corrected chi connectivity index (χ1v) is 9.27. The maximum Gasteiger partial charge on any atom is 0.278 e. The first kappa shape index (κ1) is 16.0. The summed E-state index contributed by atoms with van der Waals surface area (Å²) in [5.74, 6) is 0.796. The van der Waals surface area contributed by atoms with Crippen LogP contribution in [-0.4, -0.2) is 29.0 Å². The molecule has 134 valence electrons. The Hall–Kier alpha value is -3.21. The number of fused-ring (bicyclic) bond motifs is 2. The number of carbonyl (C=O) groups excluding carboxylic acids is 1. The number of benzene rings is 2. The SMILES string of the molecule is O=C(c1cncc(-c2ccc3c(c2)OCC3)n1)N1CCCc2ccccc21. The summed E-state index contributed by atoms with van der Waals surface area (Å²) in [6.07, 6.45) is 6.14. The number of hydrogen-bond acceptors (Lipinski definition) is 4. The number of para-hydroxylation sites is 1. The summed E-state index contributed by atoms with van der Waals surface area (Å²) < 4.78 is 5.65. The Morgan fingerprint density at radius 2 is 1.96 bits per heavy atom. The molecule has 3 heterocycles. The molecular formula is C22H19N3O2. The van der Waals surface area contributed by atoms with Crippen LogP contribution >= 0.6 is 0 Å². The van der Waals surface area contributed by atoms with E-state index in [1.807, 2.05) is 35.2 Å². The van der Waals surface area contributed by atoms with Crippen LogP contribution in [0.1, 0.15) is 28.0 Å². The van der Waals surface area contributed by atoms with E-state index in [2.05, 4.69) is 22.1 Å². The zero-order chi connectivity index (χ0) is 18.2. The molecule has 2 aromatic carbocycles. The summed E-state index contributed by atoms with van der Waals surface area (Å²) in [4.78, 5) is 23.8. The molecule has 0 atom stereocenters. The summed E-state index contributed by atoms with van der Waals surface area (Å²) >= 11 is 0. The van der Waals surface area contributed by atoms with Gasteiger partial charge < -0.3 is 9.64 Å². The van der Waals surface area contributed by atoms with E-state index >= 15 is 0 Å². The molecule has 0 unspecified atom stereocenters. The summed E-state index contributed by atoms with van der Waals surface area (Å²) in [5.41, 5.74) is 5.36. The molecule has 1 amide bonds. The van der Waals surface area contributed by atoms with Gasteiger partial charge in [0, 0.05) is 24.2 Å². The number of ether oxygens (including phenoxy) is 1. The van der Waals surface area contributed by atoms with Crippen LogP contribution in [0.4, 0.5) is 5.69 Å². The molecule has 3 aromatic rings. The summed E-state index contributed by atoms with van der Waals surface area (Å²) in [7, 11) is 0. The van der Waals surface area contributed by atoms with Crippen molar-refractivity contribution >= 4 is 11.6 Å². The second-order valence-electron chi connectivity index (χ2n) is 6.90. The third-order valence-corrected chi connectivity index (χ3v) is 5.20. The van der Waals surface area contributed by atoms with Gasteiger partial charge in [0.05, 0.1) is 24.7 Å². The highest BCUT2D eigenvalue weighted by atomic mass is 16.5. The van der Waals surface area contributed by atoms with Gasteiger partial charge in [-0.3, -0.25) is 9.78 Å². The smallest absolute Gasteiger partial charge is 0.278 e. The van der Waals surface area contributed by atoms with E-state index in [4.69, 9.17) is 4.74 Å². The van der Waals surface area contributed by atoms with Crippen molar-refractivity contribution in [3.8, 4) is 17.0 Å². The number of aryl methyl sites for hydroxylation is 1. The first-order valence-electron chi connectivity index (χ1n) is 9.27. The van der Waals surface area contributed by atoms with Crippen LogP contribution in [0, 0.1) is 0 Å². The molecule has 0 spiro atoms. The fourth-order valence-electron chi connectivity index (χ4n) is 3.82. The van der Waals surface area contributed by atoms with E-state index in [1.54, 1.807) is 12.4 Å². The van der Waals surface area contributed by atoms with Crippen LogP contribution in [-0.2, 0) is 12.8 Å². The van der Waals surface area contributed by atoms with Gasteiger partial charge in [0.15, 0.2) is 0 Å². The summed E-state index contributed by atoms with van der Waals surface area (Å²) in [5, 5.41) is 0. The third kappa shape index (κ3) is 2.85. The molecule has 0 bridgehead atoms. The molecule has 27 heavy (non-hydrogen) atoms. The average molecular weight is 357 g/mol. The molecular weight excluding hydrogens is 338 g/mol. The van der Waals surface area contributed by atoms with Crippen LogP contribution in [0.2, 0.25) is 0 Å². The number of nitrogens with zero attached hydrogens (tertiary/aromatic N) is 3. The van der Waals surface area contributed by atoms with Crippen molar-refractivity contribution in [2.45, 2.75) is 19.3 Å². The molecule has 0 saturated heterocycles. The van der Waals surface area contributed by atoms with Crippen molar-refractivity contribution < 1.29 is 9.53 Å². The molecule has 0 radical (unpaired) electrons. The molecule has 1 aromatic heterocycles. The van der Waals surface area contributed by atoms with Crippen molar-refractivity contribution in [2.24, 2.45) is 0 Å². The molecule has 5 heteroatoms. The van der Waals surface area contributed by atoms with Crippen molar-refractivity contribution in [3.63, 3.8) is 0 Å². The number of hydrogen-bond donors (Lipinski definition) is 0. The number of carbonyl (C=O) groups is 1. The quantitative estimate of drug-likeness (QED) is 0.702.